The topological polar surface area (TPSA) is 116 Å². The van der Waals surface area contributed by atoms with E-state index in [1.165, 1.54) is 23.0 Å². The summed E-state index contributed by atoms with van der Waals surface area (Å²) >= 11 is 1.22. The average molecular weight is 645 g/mol. The maximum Gasteiger partial charge on any atom is 0.338 e. The summed E-state index contributed by atoms with van der Waals surface area (Å²) in [5.41, 5.74) is 2.57. The van der Waals surface area contributed by atoms with Gasteiger partial charge in [0.05, 0.1) is 43.7 Å². The lowest BCUT2D eigenvalue weighted by atomic mass is 9.94. The molecule has 238 valence electrons. The lowest BCUT2D eigenvalue weighted by Crippen LogP contribution is -2.40. The molecule has 6 rings (SSSR count). The largest absolute Gasteiger partial charge is 0.497 e. The Morgan fingerprint density at radius 2 is 1.76 bits per heavy atom. The maximum atomic E-state index is 14.1. The number of carbonyl (C=O) groups excluding carboxylic acids is 1. The van der Waals surface area contributed by atoms with E-state index in [9.17, 15) is 9.59 Å². The first-order chi connectivity index (χ1) is 22.3. The highest BCUT2D eigenvalue weighted by molar-refractivity contribution is 7.07. The van der Waals surface area contributed by atoms with Crippen LogP contribution in [0.1, 0.15) is 36.6 Å². The number of hydrogen-bond donors (Lipinski definition) is 0. The van der Waals surface area contributed by atoms with Crippen LogP contribution in [0.25, 0.3) is 6.08 Å². The van der Waals surface area contributed by atoms with Gasteiger partial charge in [0.1, 0.15) is 24.1 Å². The molecule has 2 aliphatic heterocycles. The number of aromatic nitrogens is 1. The van der Waals surface area contributed by atoms with Crippen LogP contribution in [-0.4, -0.2) is 45.3 Å². The van der Waals surface area contributed by atoms with Crippen molar-refractivity contribution in [3.05, 3.63) is 102 Å². The zero-order chi connectivity index (χ0) is 32.4. The van der Waals surface area contributed by atoms with Crippen molar-refractivity contribution in [3.8, 4) is 34.5 Å². The van der Waals surface area contributed by atoms with Crippen LogP contribution >= 0.6 is 11.3 Å². The van der Waals surface area contributed by atoms with Gasteiger partial charge >= 0.3 is 5.97 Å². The van der Waals surface area contributed by atoms with Gasteiger partial charge < -0.3 is 33.2 Å². The lowest BCUT2D eigenvalue weighted by molar-refractivity contribution is -0.139. The Bertz CT molecular complexity index is 2030. The molecule has 0 N–H and O–H groups in total. The molecule has 3 heterocycles. The van der Waals surface area contributed by atoms with E-state index in [0.29, 0.717) is 61.7 Å². The van der Waals surface area contributed by atoms with Gasteiger partial charge in [-0.25, -0.2) is 9.79 Å². The molecule has 0 radical (unpaired) electrons. The van der Waals surface area contributed by atoms with Crippen LogP contribution in [0.15, 0.2) is 75.7 Å². The van der Waals surface area contributed by atoms with Crippen molar-refractivity contribution in [1.29, 1.82) is 0 Å². The Morgan fingerprint density at radius 1 is 0.978 bits per heavy atom. The van der Waals surface area contributed by atoms with Gasteiger partial charge in [-0.05, 0) is 73.5 Å². The predicted octanol–water partition coefficient (Wildman–Crippen LogP) is 4.13. The van der Waals surface area contributed by atoms with Crippen LogP contribution in [0, 0.1) is 0 Å². The average Bonchev–Trinajstić information content (AvgIpc) is 3.66. The third-order valence-corrected chi connectivity index (χ3v) is 8.55. The van der Waals surface area contributed by atoms with E-state index < -0.39 is 12.0 Å². The maximum absolute atomic E-state index is 14.1. The minimum Gasteiger partial charge on any atom is -0.497 e. The number of carbonyl (C=O) groups is 1. The van der Waals surface area contributed by atoms with E-state index in [-0.39, 0.29) is 24.5 Å². The van der Waals surface area contributed by atoms with Gasteiger partial charge in [-0.3, -0.25) is 9.36 Å². The van der Waals surface area contributed by atoms with Gasteiger partial charge in [0.15, 0.2) is 27.8 Å². The van der Waals surface area contributed by atoms with E-state index in [4.69, 9.17) is 33.2 Å². The molecule has 11 nitrogen and oxygen atoms in total. The predicted molar refractivity (Wildman–Crippen MR) is 170 cm³/mol. The molecule has 2 aliphatic rings. The second-order valence-electron chi connectivity index (χ2n) is 10.3. The van der Waals surface area contributed by atoms with E-state index in [1.54, 1.807) is 64.5 Å². The zero-order valence-electron chi connectivity index (χ0n) is 25.9. The molecule has 0 bridgehead atoms. The smallest absolute Gasteiger partial charge is 0.338 e. The Hall–Kier alpha value is -5.23. The zero-order valence-corrected chi connectivity index (χ0v) is 26.8. The second kappa shape index (κ2) is 13.0. The van der Waals surface area contributed by atoms with Crippen molar-refractivity contribution in [3.63, 3.8) is 0 Å². The Labute approximate surface area is 268 Å². The van der Waals surface area contributed by atoms with E-state index in [1.807, 2.05) is 24.3 Å². The molecular weight excluding hydrogens is 612 g/mol. The van der Waals surface area contributed by atoms with Crippen LogP contribution in [0.3, 0.4) is 0 Å². The number of nitrogens with zero attached hydrogens (tertiary/aromatic N) is 2. The molecule has 0 aliphatic carbocycles. The molecule has 1 aromatic heterocycles. The van der Waals surface area contributed by atoms with Crippen molar-refractivity contribution in [2.24, 2.45) is 4.99 Å². The quantitative estimate of drug-likeness (QED) is 0.235. The first-order valence-electron chi connectivity index (χ1n) is 14.5. The Kier molecular flexibility index (Phi) is 8.71. The van der Waals surface area contributed by atoms with Gasteiger partial charge in [0, 0.05) is 5.56 Å². The number of allylic oxidation sites excluding steroid dienone is 1. The van der Waals surface area contributed by atoms with Gasteiger partial charge in [-0.2, -0.15) is 0 Å². The molecule has 46 heavy (non-hydrogen) atoms. The standard InChI is InChI=1S/C34H32N2O9S/c1-6-42-33(38)30-19(2)35-34-36(31(30)23-16-22(39-3)9-12-24(23)40-4)32(37)29(46-34)15-20-7-10-25(27(13-20)41-5)43-17-21-8-11-26-28(14-21)45-18-44-26/h7-16,31H,6,17-18H2,1-5H3/t31-/m0/s1. The summed E-state index contributed by atoms with van der Waals surface area (Å²) in [5.74, 6) is 2.90. The monoisotopic (exact) mass is 644 g/mol. The first kappa shape index (κ1) is 30.8. The molecule has 0 saturated carbocycles. The number of hydrogen-bond acceptors (Lipinski definition) is 11. The fraction of sp³-hybridized carbons (Fsp3) is 0.265. The molecule has 12 heteroatoms. The molecule has 0 unspecified atom stereocenters. The van der Waals surface area contributed by atoms with E-state index in [2.05, 4.69) is 4.99 Å². The van der Waals surface area contributed by atoms with E-state index >= 15 is 0 Å². The molecule has 0 amide bonds. The Balaban J connectivity index is 1.38. The molecule has 0 spiro atoms. The second-order valence-corrected chi connectivity index (χ2v) is 11.3. The highest BCUT2D eigenvalue weighted by Crippen LogP contribution is 2.38. The number of esters is 1. The summed E-state index contributed by atoms with van der Waals surface area (Å²) < 4.78 is 41.0. The number of thiazole rings is 1. The van der Waals surface area contributed by atoms with Crippen molar-refractivity contribution in [2.75, 3.05) is 34.7 Å². The molecule has 0 saturated heterocycles. The summed E-state index contributed by atoms with van der Waals surface area (Å²) in [6, 6.07) is 15.5. The molecule has 0 fully saturated rings. The number of fused-ring (bicyclic) bond motifs is 2. The van der Waals surface area contributed by atoms with Crippen molar-refractivity contribution >= 4 is 23.4 Å². The van der Waals surface area contributed by atoms with Crippen LogP contribution < -0.4 is 43.3 Å². The van der Waals surface area contributed by atoms with Gasteiger partial charge in [0.2, 0.25) is 6.79 Å². The molecular formula is C34H32N2O9S. The van der Waals surface area contributed by atoms with Crippen LogP contribution in [0.2, 0.25) is 0 Å². The van der Waals surface area contributed by atoms with Crippen molar-refractivity contribution in [2.45, 2.75) is 26.5 Å². The molecule has 3 aromatic carbocycles. The Morgan fingerprint density at radius 3 is 2.52 bits per heavy atom. The van der Waals surface area contributed by atoms with E-state index in [0.717, 1.165) is 11.1 Å². The van der Waals surface area contributed by atoms with Crippen molar-refractivity contribution in [1.82, 2.24) is 4.57 Å². The summed E-state index contributed by atoms with van der Waals surface area (Å²) in [6.45, 7) is 4.12. The minimum atomic E-state index is -0.857. The number of ether oxygens (including phenoxy) is 7. The normalized spacial score (nSPS) is 15.2. The minimum absolute atomic E-state index is 0.167. The summed E-state index contributed by atoms with van der Waals surface area (Å²) in [6.07, 6.45) is 1.76. The molecule has 4 aromatic rings. The third-order valence-electron chi connectivity index (χ3n) is 7.57. The fourth-order valence-electron chi connectivity index (χ4n) is 5.38. The number of methoxy groups -OCH3 is 3. The first-order valence-corrected chi connectivity index (χ1v) is 15.3. The van der Waals surface area contributed by atoms with Crippen LogP contribution in [-0.2, 0) is 16.1 Å². The highest BCUT2D eigenvalue weighted by atomic mass is 32.1. The van der Waals surface area contributed by atoms with Crippen LogP contribution in [0.4, 0.5) is 0 Å². The van der Waals surface area contributed by atoms with Gasteiger partial charge in [-0.15, -0.1) is 0 Å². The lowest BCUT2D eigenvalue weighted by Gasteiger charge is -2.26. The van der Waals surface area contributed by atoms with Crippen LogP contribution in [0.5, 0.6) is 34.5 Å². The number of rotatable bonds is 10. The number of benzene rings is 3. The van der Waals surface area contributed by atoms with Crippen molar-refractivity contribution < 1.29 is 38.0 Å². The summed E-state index contributed by atoms with van der Waals surface area (Å²) in [4.78, 5) is 32.5. The summed E-state index contributed by atoms with van der Waals surface area (Å²) in [5, 5.41) is 0. The van der Waals surface area contributed by atoms with Gasteiger partial charge in [-0.1, -0.05) is 23.5 Å². The molecule has 1 atom stereocenters. The highest BCUT2D eigenvalue weighted by Gasteiger charge is 2.35. The SMILES string of the molecule is CCOC(=O)C1=C(C)N=c2sc(=Cc3ccc(OCc4ccc5c(c4)OCO5)c(OC)c3)c(=O)n2[C@H]1c1cc(OC)ccc1OC. The third kappa shape index (κ3) is 5.79. The fourth-order valence-corrected chi connectivity index (χ4v) is 6.42. The van der Waals surface area contributed by atoms with Gasteiger partial charge in [0.25, 0.3) is 5.56 Å². The summed E-state index contributed by atoms with van der Waals surface area (Å²) in [7, 11) is 4.64.